The third-order valence-electron chi connectivity index (χ3n) is 22.0. The van der Waals surface area contributed by atoms with Crippen LogP contribution in [0.4, 0.5) is 31.1 Å². The van der Waals surface area contributed by atoms with Crippen molar-refractivity contribution in [2.75, 3.05) is 46.1 Å². The maximum Gasteiger partial charge on any atom is 0.452 e. The number of hydrogen-bond donors (Lipinski definition) is 3. The minimum Gasteiger partial charge on any atom is -0.469 e. The number of fused-ring (bicyclic) bond motifs is 1. The predicted molar refractivity (Wildman–Crippen MR) is 417 cm³/mol. The van der Waals surface area contributed by atoms with Crippen LogP contribution >= 0.6 is 0 Å². The Morgan fingerprint density at radius 1 is 0.522 bits per heavy atom. The number of nitrogens with one attached hydrogen (secondary N) is 3. The van der Waals surface area contributed by atoms with E-state index in [1.54, 1.807) is 109 Å². The van der Waals surface area contributed by atoms with E-state index in [-0.39, 0.29) is 98.0 Å². The van der Waals surface area contributed by atoms with Gasteiger partial charge in [0.05, 0.1) is 18.1 Å². The number of Topliss-reactive ketones (excluding diaryl/α,β-unsaturated/α-hetero) is 5. The number of hydrogen-bond acceptors (Lipinski definition) is 16. The highest BCUT2D eigenvalue weighted by Gasteiger charge is 2.63. The summed E-state index contributed by atoms with van der Waals surface area (Å²) >= 11 is 0. The standard InChI is InChI=1S/C34H44N4O7.C29H39F3N2O5.C22H35F3N2O4/c1-7-25(23-12-15-26-27(20-23)44-21-43-26)35-32(42)38-30(41)34(8-2,9-3)31(38)45-24-13-10-22(11-14-24)28(39)36-16-18-37(19-17-36)29(40)33(4,5)6;1-16(2)20(15-22(35)18-10-12-19(13-11-18)24(36)28(5,6)7)27(39)34-14-8-9-21(34)26(38)33-23(17(3)4)25(37)29(30,31)32;1-12(2)14(11-16(28)21(5,6)7)20(31)27-10-8-9-15(27)19(30)26-17(13(3)4)18(29)22(23,24)25/h10-15,20,25,31H,7-9,16-19,21H2,1-6H3,(H,35,42);10-13,16-17,20-21,23H,8-9,14-15H2,1-7H3,(H,33,38);12-15,17H,8-11H2,1-7H3,(H,26,30)/t25-,31+;20-,21-,23?;14-,15-,17?/m100/s1. The second-order valence-corrected chi connectivity index (χ2v) is 34.8. The Morgan fingerprint density at radius 3 is 1.38 bits per heavy atom. The van der Waals surface area contributed by atoms with Gasteiger partial charge in [-0.3, -0.25) is 57.5 Å². The molecular formula is C85H118F6N8O16. The van der Waals surface area contributed by atoms with Gasteiger partial charge in [0.1, 0.15) is 29.0 Å². The molecule has 2 unspecified atom stereocenters. The number of likely N-dealkylation sites (tertiary alicyclic amines) is 3. The van der Waals surface area contributed by atoms with E-state index in [4.69, 9.17) is 14.2 Å². The van der Waals surface area contributed by atoms with Gasteiger partial charge in [0, 0.05) is 96.9 Å². The molecule has 9 amide bonds. The Kier molecular flexibility index (Phi) is 31.8. The molecule has 636 valence electrons. The van der Waals surface area contributed by atoms with Crippen LogP contribution in [-0.2, 0) is 43.2 Å². The summed E-state index contributed by atoms with van der Waals surface area (Å²) in [5.74, 6) is -8.81. The number of benzene rings is 3. The number of carbonyl (C=O) groups is 13. The quantitative estimate of drug-likeness (QED) is 0.0382. The SMILES string of the molecule is CC(C)C(NC(=O)[C@@H]1CCCN1C(=O)[C@@H](CC(=O)C(C)(C)C)C(C)C)C(=O)C(F)(F)F.CC(C)C(NC(=O)[C@@H]1CCCN1C(=O)[C@@H](CC(=O)c1ccc(C(=O)C(C)(C)C)cc1)C(C)C)C(=O)C(F)(F)F.CC[C@@H](NC(=O)N1C(=O)C(CC)(CC)[C@@H]1Oc1ccc(C(=O)N2CCN(C(=O)C(C)(C)C)CC2)cc1)c1ccc2c(c1)OCO2. The lowest BCUT2D eigenvalue weighted by atomic mass is 9.72. The normalized spacial score (nSPS) is 18.9. The summed E-state index contributed by atoms with van der Waals surface area (Å²) in [6, 6.07) is 12.3. The van der Waals surface area contributed by atoms with Gasteiger partial charge in [-0.25, -0.2) is 9.69 Å². The topological polar surface area (TPSA) is 302 Å². The Morgan fingerprint density at radius 2 is 0.965 bits per heavy atom. The van der Waals surface area contributed by atoms with Crippen molar-refractivity contribution >= 4 is 76.3 Å². The molecule has 24 nitrogen and oxygen atoms in total. The summed E-state index contributed by atoms with van der Waals surface area (Å²) in [6.45, 7) is 37.6. The number of alkyl halides is 6. The molecule has 5 aliphatic heterocycles. The van der Waals surface area contributed by atoms with Crippen LogP contribution < -0.4 is 30.2 Å². The highest BCUT2D eigenvalue weighted by atomic mass is 19.4. The van der Waals surface area contributed by atoms with E-state index >= 15 is 0 Å². The number of β-lactam (4-membered cyclic amide) rings is 1. The molecule has 3 aromatic carbocycles. The lowest BCUT2D eigenvalue weighted by Crippen LogP contribution is -2.73. The molecule has 0 bridgehead atoms. The molecule has 0 aliphatic carbocycles. The van der Waals surface area contributed by atoms with Crippen LogP contribution in [0.5, 0.6) is 17.2 Å². The number of ketones is 5. The zero-order chi connectivity index (χ0) is 86.7. The van der Waals surface area contributed by atoms with Crippen molar-refractivity contribution < 1.29 is 103 Å². The first-order valence-electron chi connectivity index (χ1n) is 39.8. The third kappa shape index (κ3) is 23.3. The number of amides is 9. The second kappa shape index (κ2) is 38.7. The first-order chi connectivity index (χ1) is 53.3. The summed E-state index contributed by atoms with van der Waals surface area (Å²) in [7, 11) is 0. The lowest BCUT2D eigenvalue weighted by Gasteiger charge is -2.53. The van der Waals surface area contributed by atoms with Crippen LogP contribution in [-0.4, -0.2) is 190 Å². The van der Waals surface area contributed by atoms with Gasteiger partial charge >= 0.3 is 18.4 Å². The second-order valence-electron chi connectivity index (χ2n) is 34.8. The molecule has 0 aromatic heterocycles. The van der Waals surface area contributed by atoms with Gasteiger partial charge in [-0.05, 0) is 111 Å². The number of halogens is 6. The molecule has 0 saturated carbocycles. The first kappa shape index (κ1) is 94.6. The fraction of sp³-hybridized carbons (Fsp3) is 0.635. The Balaban J connectivity index is 0.000000273. The largest absolute Gasteiger partial charge is 0.469 e. The molecular weight excluding hydrogens is 1500 g/mol. The van der Waals surface area contributed by atoms with Gasteiger partial charge in [0.25, 0.3) is 17.5 Å². The molecule has 30 heteroatoms. The molecule has 0 radical (unpaired) electrons. The van der Waals surface area contributed by atoms with E-state index in [1.165, 1.54) is 42.4 Å². The smallest absolute Gasteiger partial charge is 0.452 e. The van der Waals surface area contributed by atoms with E-state index in [0.717, 1.165) is 5.56 Å². The molecule has 3 aromatic rings. The average Bonchev–Trinajstić information content (AvgIpc) is 1.43. The Hall–Kier alpha value is -9.25. The van der Waals surface area contributed by atoms with Gasteiger partial charge in [0.2, 0.25) is 42.2 Å². The maximum atomic E-state index is 13.6. The first-order valence-corrected chi connectivity index (χ1v) is 39.8. The molecule has 8 atom stereocenters. The van der Waals surface area contributed by atoms with Crippen molar-refractivity contribution in [3.8, 4) is 17.2 Å². The zero-order valence-corrected chi connectivity index (χ0v) is 70.1. The Bertz CT molecular complexity index is 4010. The molecule has 0 spiro atoms. The third-order valence-corrected chi connectivity index (χ3v) is 22.0. The zero-order valence-electron chi connectivity index (χ0n) is 70.1. The van der Waals surface area contributed by atoms with E-state index in [1.807, 2.05) is 78.5 Å². The van der Waals surface area contributed by atoms with Crippen LogP contribution in [0.1, 0.15) is 239 Å². The predicted octanol–water partition coefficient (Wildman–Crippen LogP) is 13.5. The van der Waals surface area contributed by atoms with Gasteiger partial charge in [-0.2, -0.15) is 26.3 Å². The van der Waals surface area contributed by atoms with Gasteiger partial charge in [-0.15, -0.1) is 0 Å². The number of ether oxygens (including phenoxy) is 3. The number of rotatable bonds is 26. The minimum absolute atomic E-state index is 0.0337. The molecule has 8 rings (SSSR count). The van der Waals surface area contributed by atoms with Gasteiger partial charge < -0.3 is 49.8 Å². The van der Waals surface area contributed by atoms with Crippen LogP contribution in [0.3, 0.4) is 0 Å². The van der Waals surface area contributed by atoms with Crippen molar-refractivity contribution in [3.05, 3.63) is 89.0 Å². The van der Waals surface area contributed by atoms with Crippen LogP contribution in [0, 0.1) is 57.2 Å². The average molecular weight is 1620 g/mol. The molecule has 115 heavy (non-hydrogen) atoms. The number of imide groups is 1. The van der Waals surface area contributed by atoms with Crippen molar-refractivity contribution in [3.63, 3.8) is 0 Å². The van der Waals surface area contributed by atoms with Gasteiger partial charge in [0.15, 0.2) is 29.3 Å². The number of urea groups is 1. The van der Waals surface area contributed by atoms with Crippen molar-refractivity contribution in [2.24, 2.45) is 57.2 Å². The molecule has 3 N–H and O–H groups in total. The van der Waals surface area contributed by atoms with Crippen molar-refractivity contribution in [2.45, 2.75) is 245 Å². The summed E-state index contributed by atoms with van der Waals surface area (Å²) in [4.78, 5) is 174. The molecule has 4 saturated heterocycles. The maximum absolute atomic E-state index is 13.6. The summed E-state index contributed by atoms with van der Waals surface area (Å²) in [5.41, 5.74) is -0.307. The Labute approximate surface area is 671 Å². The summed E-state index contributed by atoms with van der Waals surface area (Å²) < 4.78 is 95.1. The van der Waals surface area contributed by atoms with Crippen molar-refractivity contribution in [1.29, 1.82) is 0 Å². The number of carbonyl (C=O) groups excluding carboxylic acids is 13. The highest BCUT2D eigenvalue weighted by Crippen LogP contribution is 2.47. The minimum atomic E-state index is -5.10. The van der Waals surface area contributed by atoms with E-state index < -0.39 is 123 Å². The monoisotopic (exact) mass is 1620 g/mol. The van der Waals surface area contributed by atoms with E-state index in [9.17, 15) is 88.7 Å². The number of piperazine rings is 1. The molecule has 5 heterocycles. The molecule has 5 aliphatic rings. The van der Waals surface area contributed by atoms with Crippen LogP contribution in [0.15, 0.2) is 66.7 Å². The van der Waals surface area contributed by atoms with E-state index in [2.05, 4.69) is 16.0 Å². The van der Waals surface area contributed by atoms with E-state index in [0.29, 0.717) is 98.6 Å². The fourth-order valence-corrected chi connectivity index (χ4v) is 14.5. The van der Waals surface area contributed by atoms with Crippen LogP contribution in [0.25, 0.3) is 0 Å². The van der Waals surface area contributed by atoms with Crippen molar-refractivity contribution in [1.82, 2.24) is 40.4 Å². The lowest BCUT2D eigenvalue weighted by molar-refractivity contribution is -0.191. The highest BCUT2D eigenvalue weighted by molar-refractivity contribution is 6.05. The summed E-state index contributed by atoms with van der Waals surface area (Å²) in [6.07, 6.45) is -7.93. The molecule has 4 fully saturated rings. The van der Waals surface area contributed by atoms with Crippen LogP contribution in [0.2, 0.25) is 0 Å². The summed E-state index contributed by atoms with van der Waals surface area (Å²) in [5, 5.41) is 7.43. The fourth-order valence-electron chi connectivity index (χ4n) is 14.5. The van der Waals surface area contributed by atoms with Gasteiger partial charge in [-0.1, -0.05) is 169 Å². The number of nitrogens with zero attached hydrogens (tertiary/aromatic N) is 5.